The van der Waals surface area contributed by atoms with Crippen molar-refractivity contribution >= 4 is 44.9 Å². The lowest BCUT2D eigenvalue weighted by atomic mass is 10.1. The van der Waals surface area contributed by atoms with Gasteiger partial charge in [0.2, 0.25) is 0 Å². The first-order valence-electron chi connectivity index (χ1n) is 9.06. The second kappa shape index (κ2) is 8.58. The number of pyridine rings is 1. The summed E-state index contributed by atoms with van der Waals surface area (Å²) in [5.74, 6) is 0.299. The first-order valence-corrected chi connectivity index (χ1v) is 11.3. The number of rotatable bonds is 4. The molecule has 0 fully saturated rings. The van der Waals surface area contributed by atoms with Gasteiger partial charge >= 0.3 is 6.18 Å². The fourth-order valence-corrected chi connectivity index (χ4v) is 5.27. The Morgan fingerprint density at radius 1 is 1.25 bits per heavy atom. The van der Waals surface area contributed by atoms with E-state index in [1.165, 1.54) is 18.3 Å². The van der Waals surface area contributed by atoms with Gasteiger partial charge in [0.25, 0.3) is 5.56 Å². The number of aromatic nitrogens is 3. The third kappa shape index (κ3) is 4.24. The number of halogens is 4. The minimum atomic E-state index is -4.67. The molecule has 0 unspecified atom stereocenters. The molecule has 0 aliphatic carbocycles. The highest BCUT2D eigenvalue weighted by Gasteiger charge is 2.35. The molecular formula is C21H12ClF3N4OS2. The molecule has 0 saturated carbocycles. The Balaban J connectivity index is 1.69. The number of thiophene rings is 1. The summed E-state index contributed by atoms with van der Waals surface area (Å²) in [6.07, 6.45) is -4.67. The molecule has 0 spiro atoms. The molecule has 0 aliphatic heterocycles. The summed E-state index contributed by atoms with van der Waals surface area (Å²) in [7, 11) is 0. The molecule has 3 heterocycles. The van der Waals surface area contributed by atoms with Gasteiger partial charge in [0.1, 0.15) is 21.7 Å². The number of nitrogens with one attached hydrogen (secondary N) is 1. The van der Waals surface area contributed by atoms with Crippen molar-refractivity contribution < 1.29 is 13.2 Å². The summed E-state index contributed by atoms with van der Waals surface area (Å²) >= 11 is 8.44. The molecule has 162 valence electrons. The van der Waals surface area contributed by atoms with Crippen molar-refractivity contribution in [1.82, 2.24) is 15.0 Å². The molecule has 5 nitrogen and oxygen atoms in total. The van der Waals surface area contributed by atoms with E-state index in [-0.39, 0.29) is 27.9 Å². The first kappa shape index (κ1) is 22.3. The molecule has 1 aromatic carbocycles. The number of aryl methyl sites for hydroxylation is 1. The number of hydrogen-bond donors (Lipinski definition) is 1. The minimum absolute atomic E-state index is 0.0347. The third-order valence-corrected chi connectivity index (χ3v) is 6.72. The number of hydrogen-bond acceptors (Lipinski definition) is 6. The predicted molar refractivity (Wildman–Crippen MR) is 119 cm³/mol. The van der Waals surface area contributed by atoms with E-state index in [0.717, 1.165) is 17.8 Å². The van der Waals surface area contributed by atoms with Crippen LogP contribution >= 0.6 is 34.7 Å². The number of thioether (sulfide) groups is 1. The van der Waals surface area contributed by atoms with Crippen LogP contribution in [0.3, 0.4) is 0 Å². The SMILES string of the molecule is Cc1cc(C(F)(F)F)c(C#N)c(SCc2nc3scc(-c4ccccc4Cl)c3c(=O)[nH]2)n1. The fraction of sp³-hybridized carbons (Fsp3) is 0.143. The Hall–Kier alpha value is -2.87. The van der Waals surface area contributed by atoms with Crippen molar-refractivity contribution in [2.45, 2.75) is 23.9 Å². The molecule has 4 aromatic rings. The highest BCUT2D eigenvalue weighted by molar-refractivity contribution is 7.98. The average molecular weight is 493 g/mol. The molecule has 0 atom stereocenters. The van der Waals surface area contributed by atoms with Crippen LogP contribution in [-0.2, 0) is 11.9 Å². The van der Waals surface area contributed by atoms with E-state index < -0.39 is 17.3 Å². The lowest BCUT2D eigenvalue weighted by Crippen LogP contribution is -2.12. The van der Waals surface area contributed by atoms with Gasteiger partial charge in [-0.1, -0.05) is 41.6 Å². The molecule has 4 rings (SSSR count). The second-order valence-electron chi connectivity index (χ2n) is 6.71. The number of nitrogens with zero attached hydrogens (tertiary/aromatic N) is 3. The fourth-order valence-electron chi connectivity index (χ4n) is 3.16. The third-order valence-electron chi connectivity index (χ3n) is 4.53. The monoisotopic (exact) mass is 492 g/mol. The van der Waals surface area contributed by atoms with Crippen LogP contribution in [-0.4, -0.2) is 15.0 Å². The lowest BCUT2D eigenvalue weighted by molar-refractivity contribution is -0.138. The van der Waals surface area contributed by atoms with Gasteiger partial charge in [-0.2, -0.15) is 18.4 Å². The summed E-state index contributed by atoms with van der Waals surface area (Å²) < 4.78 is 39.9. The zero-order valence-corrected chi connectivity index (χ0v) is 18.6. The van der Waals surface area contributed by atoms with E-state index in [2.05, 4.69) is 15.0 Å². The van der Waals surface area contributed by atoms with E-state index >= 15 is 0 Å². The van der Waals surface area contributed by atoms with Crippen molar-refractivity contribution in [1.29, 1.82) is 5.26 Å². The molecule has 32 heavy (non-hydrogen) atoms. The van der Waals surface area contributed by atoms with Gasteiger partial charge < -0.3 is 4.98 Å². The predicted octanol–water partition coefficient (Wildman–Crippen LogP) is 6.19. The normalized spacial score (nSPS) is 11.6. The van der Waals surface area contributed by atoms with E-state index in [1.807, 2.05) is 6.07 Å². The summed E-state index contributed by atoms with van der Waals surface area (Å²) in [4.78, 5) is 24.5. The van der Waals surface area contributed by atoms with Crippen LogP contribution in [0.15, 0.2) is 45.5 Å². The molecule has 11 heteroatoms. The maximum absolute atomic E-state index is 13.3. The molecule has 0 amide bonds. The zero-order valence-electron chi connectivity index (χ0n) is 16.2. The Kier molecular flexibility index (Phi) is 5.99. The Bertz CT molecular complexity index is 1440. The molecule has 0 aliphatic rings. The van der Waals surface area contributed by atoms with Crippen LogP contribution in [0.2, 0.25) is 5.02 Å². The van der Waals surface area contributed by atoms with E-state index in [1.54, 1.807) is 29.6 Å². The minimum Gasteiger partial charge on any atom is -0.309 e. The second-order valence-corrected chi connectivity index (χ2v) is 8.94. The summed E-state index contributed by atoms with van der Waals surface area (Å²) in [6.45, 7) is 1.43. The maximum atomic E-state index is 13.3. The van der Waals surface area contributed by atoms with Crippen LogP contribution in [0.5, 0.6) is 0 Å². The van der Waals surface area contributed by atoms with Crippen LogP contribution in [0.25, 0.3) is 21.3 Å². The number of alkyl halides is 3. The highest BCUT2D eigenvalue weighted by Crippen LogP contribution is 2.37. The zero-order chi connectivity index (χ0) is 23.0. The van der Waals surface area contributed by atoms with Crippen molar-refractivity contribution in [3.05, 3.63) is 73.7 Å². The Morgan fingerprint density at radius 2 is 2.00 bits per heavy atom. The number of nitriles is 1. The summed E-state index contributed by atoms with van der Waals surface area (Å²) in [6, 6.07) is 9.57. The number of fused-ring (bicyclic) bond motifs is 1. The van der Waals surface area contributed by atoms with Gasteiger partial charge in [-0.05, 0) is 19.1 Å². The van der Waals surface area contributed by atoms with Crippen molar-refractivity contribution in [2.75, 3.05) is 0 Å². The highest BCUT2D eigenvalue weighted by atomic mass is 35.5. The van der Waals surface area contributed by atoms with Crippen LogP contribution in [0.4, 0.5) is 13.2 Å². The number of H-pyrrole nitrogens is 1. The van der Waals surface area contributed by atoms with Gasteiger partial charge in [-0.25, -0.2) is 9.97 Å². The smallest absolute Gasteiger partial charge is 0.309 e. The lowest BCUT2D eigenvalue weighted by Gasteiger charge is -2.12. The van der Waals surface area contributed by atoms with Gasteiger partial charge in [-0.3, -0.25) is 4.79 Å². The Morgan fingerprint density at radius 3 is 2.69 bits per heavy atom. The van der Waals surface area contributed by atoms with Crippen molar-refractivity contribution in [2.24, 2.45) is 0 Å². The van der Waals surface area contributed by atoms with E-state index in [9.17, 15) is 23.2 Å². The molecule has 0 saturated heterocycles. The molecule has 0 radical (unpaired) electrons. The maximum Gasteiger partial charge on any atom is 0.417 e. The van der Waals surface area contributed by atoms with Gasteiger partial charge in [0, 0.05) is 27.2 Å². The molecule has 0 bridgehead atoms. The average Bonchev–Trinajstić information content (AvgIpc) is 3.16. The van der Waals surface area contributed by atoms with E-state index in [0.29, 0.717) is 26.4 Å². The first-order chi connectivity index (χ1) is 15.2. The standard InChI is InChI=1S/C21H12ClF3N4OS2/c1-10-6-14(21(23,24)25)12(7-26)19(27-10)32-9-16-28-18(30)17-13(8-31-20(17)29-16)11-4-2-3-5-15(11)22/h2-6,8H,9H2,1H3,(H,28,29,30). The van der Waals surface area contributed by atoms with Crippen molar-refractivity contribution in [3.8, 4) is 17.2 Å². The topological polar surface area (TPSA) is 82.4 Å². The van der Waals surface area contributed by atoms with Crippen LogP contribution in [0.1, 0.15) is 22.6 Å². The largest absolute Gasteiger partial charge is 0.417 e. The van der Waals surface area contributed by atoms with E-state index in [4.69, 9.17) is 11.6 Å². The van der Waals surface area contributed by atoms with Gasteiger partial charge in [0.05, 0.1) is 22.3 Å². The van der Waals surface area contributed by atoms with Gasteiger partial charge in [-0.15, -0.1) is 11.3 Å². The van der Waals surface area contributed by atoms with Crippen LogP contribution in [0, 0.1) is 18.3 Å². The van der Waals surface area contributed by atoms with Crippen LogP contribution < -0.4 is 5.56 Å². The van der Waals surface area contributed by atoms with Crippen molar-refractivity contribution in [3.63, 3.8) is 0 Å². The number of aromatic amines is 1. The quantitative estimate of drug-likeness (QED) is 0.343. The Labute approximate surface area is 192 Å². The number of benzene rings is 1. The van der Waals surface area contributed by atoms with Gasteiger partial charge in [0.15, 0.2) is 0 Å². The molecular weight excluding hydrogens is 481 g/mol. The molecule has 3 aromatic heterocycles. The molecule has 1 N–H and O–H groups in total. The summed E-state index contributed by atoms with van der Waals surface area (Å²) in [5, 5.41) is 11.9. The summed E-state index contributed by atoms with van der Waals surface area (Å²) in [5.41, 5.74) is -0.459.